The van der Waals surface area contributed by atoms with E-state index in [1.165, 1.54) is 19.3 Å². The first-order valence-electron chi connectivity index (χ1n) is 14.3. The van der Waals surface area contributed by atoms with E-state index in [0.717, 1.165) is 5.57 Å². The van der Waals surface area contributed by atoms with Gasteiger partial charge in [0.25, 0.3) is 11.8 Å². The van der Waals surface area contributed by atoms with Gasteiger partial charge in [0.15, 0.2) is 23.1 Å². The van der Waals surface area contributed by atoms with Crippen molar-refractivity contribution in [2.24, 2.45) is 23.7 Å². The number of fused-ring (bicyclic) bond motifs is 4. The number of ketones is 2. The molecule has 216 valence electrons. The maximum atomic E-state index is 14.9. The maximum Gasteiger partial charge on any atom is 0.257 e. The molecule has 2 fully saturated rings. The maximum absolute atomic E-state index is 14.9. The minimum absolute atomic E-state index is 0.0774. The average molecular weight is 576 g/mol. The van der Waals surface area contributed by atoms with E-state index in [-0.39, 0.29) is 41.0 Å². The van der Waals surface area contributed by atoms with Gasteiger partial charge in [-0.05, 0) is 53.7 Å². The van der Waals surface area contributed by atoms with Crippen LogP contribution in [0, 0.1) is 23.7 Å². The van der Waals surface area contributed by atoms with Crippen molar-refractivity contribution in [3.63, 3.8) is 0 Å². The van der Waals surface area contributed by atoms with E-state index in [1.807, 2.05) is 54.6 Å². The number of aromatic hydroxyl groups is 1. The molecule has 0 unspecified atom stereocenters. The van der Waals surface area contributed by atoms with Crippen LogP contribution in [0.25, 0.3) is 5.57 Å². The van der Waals surface area contributed by atoms with Crippen molar-refractivity contribution in [3.8, 4) is 11.5 Å². The van der Waals surface area contributed by atoms with Gasteiger partial charge >= 0.3 is 0 Å². The van der Waals surface area contributed by atoms with Crippen molar-refractivity contribution < 1.29 is 34.2 Å². The number of hydrogen-bond acceptors (Lipinski definition) is 7. The smallest absolute Gasteiger partial charge is 0.257 e. The van der Waals surface area contributed by atoms with Crippen LogP contribution in [0.5, 0.6) is 11.5 Å². The summed E-state index contributed by atoms with van der Waals surface area (Å²) in [5.74, 6) is -5.46. The molecule has 7 rings (SSSR count). The summed E-state index contributed by atoms with van der Waals surface area (Å²) in [5.41, 5.74) is 1.62. The number of hydrogen-bond donors (Lipinski definition) is 2. The number of Topliss-reactive ketones (excluding diaryl/α,β-unsaturated/α-hetero) is 1. The SMILES string of the molecule is COc1cc([C@H]2C3=CC[C@@H]4C(=O)N(O)C(=O)[C@@H]4[C@@H]3C[C@H]3C(=O)C(c4ccccc4)=CC(=O)[C@@]23c2ccccc2)ccc1O. The molecule has 0 aromatic heterocycles. The first-order chi connectivity index (χ1) is 20.8. The Kier molecular flexibility index (Phi) is 6.21. The van der Waals surface area contributed by atoms with Crippen LogP contribution in [0.15, 0.2) is 96.6 Å². The summed E-state index contributed by atoms with van der Waals surface area (Å²) in [4.78, 5) is 55.8. The van der Waals surface area contributed by atoms with E-state index >= 15 is 0 Å². The minimum Gasteiger partial charge on any atom is -0.504 e. The van der Waals surface area contributed by atoms with Gasteiger partial charge in [-0.1, -0.05) is 78.4 Å². The van der Waals surface area contributed by atoms with Crippen LogP contribution in [-0.2, 0) is 24.6 Å². The number of nitrogens with zero attached hydrogens (tertiary/aromatic N) is 1. The minimum atomic E-state index is -1.38. The predicted molar refractivity (Wildman–Crippen MR) is 155 cm³/mol. The van der Waals surface area contributed by atoms with Gasteiger partial charge in [-0.15, -0.1) is 0 Å². The van der Waals surface area contributed by atoms with Crippen molar-refractivity contribution >= 4 is 29.0 Å². The lowest BCUT2D eigenvalue weighted by atomic mass is 9.44. The molecule has 1 aliphatic heterocycles. The lowest BCUT2D eigenvalue weighted by Gasteiger charge is -2.55. The number of phenols is 1. The molecule has 0 bridgehead atoms. The third kappa shape index (κ3) is 3.72. The molecule has 43 heavy (non-hydrogen) atoms. The number of benzene rings is 3. The molecule has 3 aromatic carbocycles. The number of phenolic OH excluding ortho intramolecular Hbond substituents is 1. The largest absolute Gasteiger partial charge is 0.504 e. The number of rotatable bonds is 4. The van der Waals surface area contributed by atoms with Crippen LogP contribution in [0.4, 0.5) is 0 Å². The Hall–Kier alpha value is -4.82. The Balaban J connectivity index is 1.53. The van der Waals surface area contributed by atoms with Crippen molar-refractivity contribution in [1.82, 2.24) is 5.06 Å². The Morgan fingerprint density at radius 1 is 0.884 bits per heavy atom. The highest BCUT2D eigenvalue weighted by molar-refractivity contribution is 6.31. The molecule has 1 heterocycles. The third-order valence-electron chi connectivity index (χ3n) is 9.89. The highest BCUT2D eigenvalue weighted by atomic mass is 16.5. The number of ether oxygens (including phenoxy) is 1. The Morgan fingerprint density at radius 2 is 1.58 bits per heavy atom. The van der Waals surface area contributed by atoms with E-state index < -0.39 is 46.8 Å². The van der Waals surface area contributed by atoms with Crippen molar-refractivity contribution in [2.75, 3.05) is 7.11 Å². The molecule has 2 amide bonds. The average Bonchev–Trinajstić information content (AvgIpc) is 3.26. The summed E-state index contributed by atoms with van der Waals surface area (Å²) in [7, 11) is 1.44. The van der Waals surface area contributed by atoms with Crippen molar-refractivity contribution in [2.45, 2.75) is 24.2 Å². The highest BCUT2D eigenvalue weighted by Crippen LogP contribution is 2.63. The van der Waals surface area contributed by atoms with Crippen LogP contribution in [-0.4, -0.2) is 45.9 Å². The lowest BCUT2D eigenvalue weighted by molar-refractivity contribution is -0.173. The number of methoxy groups -OCH3 is 1. The molecule has 2 N–H and O–H groups in total. The predicted octanol–water partition coefficient (Wildman–Crippen LogP) is 4.61. The summed E-state index contributed by atoms with van der Waals surface area (Å²) in [6, 6.07) is 23.2. The van der Waals surface area contributed by atoms with Gasteiger partial charge in [0, 0.05) is 17.4 Å². The summed E-state index contributed by atoms with van der Waals surface area (Å²) < 4.78 is 5.45. The fourth-order valence-electron chi connectivity index (χ4n) is 8.11. The molecular weight excluding hydrogens is 546 g/mol. The number of amides is 2. The van der Waals surface area contributed by atoms with Gasteiger partial charge in [-0.25, -0.2) is 0 Å². The third-order valence-corrected chi connectivity index (χ3v) is 9.89. The molecule has 3 aliphatic carbocycles. The summed E-state index contributed by atoms with van der Waals surface area (Å²) in [6.07, 6.45) is 3.73. The Labute approximate surface area is 247 Å². The van der Waals surface area contributed by atoms with Gasteiger partial charge in [0.05, 0.1) is 24.4 Å². The second-order valence-corrected chi connectivity index (χ2v) is 11.7. The van der Waals surface area contributed by atoms with E-state index in [4.69, 9.17) is 4.74 Å². The van der Waals surface area contributed by atoms with Gasteiger partial charge in [-0.3, -0.25) is 24.4 Å². The van der Waals surface area contributed by atoms with Gasteiger partial charge in [-0.2, -0.15) is 5.06 Å². The molecule has 4 aliphatic rings. The zero-order valence-corrected chi connectivity index (χ0v) is 23.3. The van der Waals surface area contributed by atoms with Crippen LogP contribution in [0.1, 0.15) is 35.4 Å². The van der Waals surface area contributed by atoms with Crippen LogP contribution in [0.3, 0.4) is 0 Å². The molecule has 8 nitrogen and oxygen atoms in total. The quantitative estimate of drug-likeness (QED) is 0.265. The standard InChI is InChI=1S/C35H29NO7/c1-43-28-16-20(12-15-27(28)37)31-22-13-14-23-30(34(41)36(42)33(23)40)25(22)17-26-32(39)24(19-8-4-2-5-9-19)18-29(38)35(26,31)21-10-6-3-7-11-21/h2-13,15-16,18,23,25-26,30-31,37,42H,14,17H2,1H3/t23-,25+,26-,30-,31-,35-/m0/s1. The second-order valence-electron chi connectivity index (χ2n) is 11.7. The molecule has 1 saturated carbocycles. The fraction of sp³-hybridized carbons (Fsp3) is 0.257. The van der Waals surface area contributed by atoms with E-state index in [9.17, 15) is 29.5 Å². The monoisotopic (exact) mass is 575 g/mol. The van der Waals surface area contributed by atoms with Crippen LogP contribution < -0.4 is 4.74 Å². The molecule has 0 spiro atoms. The molecule has 1 saturated heterocycles. The number of carbonyl (C=O) groups excluding carboxylic acids is 4. The fourth-order valence-corrected chi connectivity index (χ4v) is 8.11. The first-order valence-corrected chi connectivity index (χ1v) is 14.3. The number of carbonyl (C=O) groups is 4. The topological polar surface area (TPSA) is 121 Å². The van der Waals surface area contributed by atoms with E-state index in [0.29, 0.717) is 22.3 Å². The van der Waals surface area contributed by atoms with Gasteiger partial charge in [0.2, 0.25) is 0 Å². The summed E-state index contributed by atoms with van der Waals surface area (Å²) in [5, 5.41) is 21.0. The van der Waals surface area contributed by atoms with Gasteiger partial charge < -0.3 is 9.84 Å². The zero-order valence-electron chi connectivity index (χ0n) is 23.3. The summed E-state index contributed by atoms with van der Waals surface area (Å²) in [6.45, 7) is 0. The van der Waals surface area contributed by atoms with E-state index in [1.54, 1.807) is 24.3 Å². The molecule has 0 radical (unpaired) electrons. The van der Waals surface area contributed by atoms with Crippen LogP contribution >= 0.6 is 0 Å². The Morgan fingerprint density at radius 3 is 2.28 bits per heavy atom. The second kappa shape index (κ2) is 9.88. The number of imide groups is 1. The van der Waals surface area contributed by atoms with Crippen LogP contribution in [0.2, 0.25) is 0 Å². The molecular formula is C35H29NO7. The lowest BCUT2D eigenvalue weighted by Crippen LogP contribution is -2.58. The van der Waals surface area contributed by atoms with Gasteiger partial charge in [0.1, 0.15) is 0 Å². The zero-order chi connectivity index (χ0) is 30.0. The number of allylic oxidation sites excluding steroid dienone is 4. The summed E-state index contributed by atoms with van der Waals surface area (Å²) >= 11 is 0. The first kappa shape index (κ1) is 27.0. The van der Waals surface area contributed by atoms with E-state index in [2.05, 4.69) is 0 Å². The number of hydroxylamine groups is 2. The molecule has 6 atom stereocenters. The van der Waals surface area contributed by atoms with Crippen molar-refractivity contribution in [1.29, 1.82) is 0 Å². The van der Waals surface area contributed by atoms with Crippen molar-refractivity contribution in [3.05, 3.63) is 113 Å². The highest BCUT2D eigenvalue weighted by Gasteiger charge is 2.66. The molecule has 3 aromatic rings. The normalized spacial score (nSPS) is 29.8. The Bertz CT molecular complexity index is 1740. The molecule has 8 heteroatoms.